The van der Waals surface area contributed by atoms with Gasteiger partial charge in [-0.3, -0.25) is 9.36 Å². The summed E-state index contributed by atoms with van der Waals surface area (Å²) < 4.78 is 36.3. The van der Waals surface area contributed by atoms with Gasteiger partial charge in [-0.2, -0.15) is 0 Å². The second-order valence-corrected chi connectivity index (χ2v) is 11.3. The molecule has 0 amide bonds. The van der Waals surface area contributed by atoms with Gasteiger partial charge in [0.15, 0.2) is 27.8 Å². The minimum absolute atomic E-state index is 0.0483. The fraction of sp³-hybridized carbons (Fsp3) is 0.323. The number of allylic oxidation sites excluding steroid dienone is 1. The summed E-state index contributed by atoms with van der Waals surface area (Å²) in [5, 5.41) is 0. The summed E-state index contributed by atoms with van der Waals surface area (Å²) >= 11 is 3.39. The highest BCUT2D eigenvalue weighted by Gasteiger charge is 2.36. The van der Waals surface area contributed by atoms with Crippen LogP contribution in [0.1, 0.15) is 31.0 Å². The standard InChI is InChI=1S/C31H33IN2O8S/c1-7-12-41-28-21(32)15-19(16-23(28)39-6)17-24-29(35)34-26(20-10-9-11-22(38-5)27(20)40-8-2)25(18(3)33-31(34)43-24)30(36)42-14-13-37-4/h7,9-11,15-17,26H,1,8,12-14H2,2-6H3/b24-17+/t26-/m0/s1. The largest absolute Gasteiger partial charge is 0.493 e. The molecule has 0 spiro atoms. The second-order valence-electron chi connectivity index (χ2n) is 9.16. The van der Waals surface area contributed by atoms with Gasteiger partial charge in [-0.15, -0.1) is 0 Å². The summed E-state index contributed by atoms with van der Waals surface area (Å²) in [5.41, 5.74) is 1.64. The molecule has 0 saturated carbocycles. The number of carbonyl (C=O) groups excluding carboxylic acids is 1. The molecular formula is C31H33IN2O8S. The van der Waals surface area contributed by atoms with E-state index >= 15 is 0 Å². The molecule has 1 aliphatic heterocycles. The first-order valence-corrected chi connectivity index (χ1v) is 15.3. The maximum Gasteiger partial charge on any atom is 0.338 e. The van der Waals surface area contributed by atoms with Crippen molar-refractivity contribution in [3.63, 3.8) is 0 Å². The van der Waals surface area contributed by atoms with E-state index in [0.29, 0.717) is 56.8 Å². The average molecular weight is 721 g/mol. The van der Waals surface area contributed by atoms with Gasteiger partial charge in [0.25, 0.3) is 5.56 Å². The van der Waals surface area contributed by atoms with Gasteiger partial charge < -0.3 is 28.4 Å². The molecule has 0 bridgehead atoms. The second kappa shape index (κ2) is 14.7. The topological polar surface area (TPSA) is 107 Å². The fourth-order valence-electron chi connectivity index (χ4n) is 4.64. The van der Waals surface area contributed by atoms with Crippen LogP contribution >= 0.6 is 33.9 Å². The van der Waals surface area contributed by atoms with Crippen LogP contribution in [0.25, 0.3) is 6.08 Å². The maximum atomic E-state index is 14.2. The Labute approximate surface area is 267 Å². The maximum absolute atomic E-state index is 14.2. The highest BCUT2D eigenvalue weighted by molar-refractivity contribution is 14.1. The number of halogens is 1. The van der Waals surface area contributed by atoms with Gasteiger partial charge in [0.1, 0.15) is 19.3 Å². The SMILES string of the molecule is C=CCOc1c(I)cc(/C=c2/sc3n(c2=O)[C@@H](c2cccc(OC)c2OCC)C(C(=O)OCCOC)=C(C)N=3)cc1OC. The molecule has 10 nitrogen and oxygen atoms in total. The van der Waals surface area contributed by atoms with E-state index in [1.165, 1.54) is 30.1 Å². The molecule has 0 aliphatic carbocycles. The van der Waals surface area contributed by atoms with Gasteiger partial charge in [0.2, 0.25) is 0 Å². The molecule has 12 heteroatoms. The van der Waals surface area contributed by atoms with Gasteiger partial charge in [-0.1, -0.05) is 36.1 Å². The minimum Gasteiger partial charge on any atom is -0.493 e. The van der Waals surface area contributed by atoms with E-state index in [-0.39, 0.29) is 24.3 Å². The summed E-state index contributed by atoms with van der Waals surface area (Å²) in [7, 11) is 4.62. The average Bonchev–Trinajstić information content (AvgIpc) is 3.29. The van der Waals surface area contributed by atoms with E-state index in [2.05, 4.69) is 34.2 Å². The highest BCUT2D eigenvalue weighted by Crippen LogP contribution is 2.41. The zero-order valence-corrected chi connectivity index (χ0v) is 27.6. The number of fused-ring (bicyclic) bond motifs is 1. The van der Waals surface area contributed by atoms with Gasteiger partial charge >= 0.3 is 5.97 Å². The quantitative estimate of drug-likeness (QED) is 0.113. The van der Waals surface area contributed by atoms with Gasteiger partial charge in [0.05, 0.1) is 46.8 Å². The lowest BCUT2D eigenvalue weighted by molar-refractivity contribution is -0.140. The molecule has 4 rings (SSSR count). The third kappa shape index (κ3) is 6.81. The predicted octanol–water partition coefficient (Wildman–Crippen LogP) is 4.01. The van der Waals surface area contributed by atoms with Crippen LogP contribution in [-0.2, 0) is 14.3 Å². The lowest BCUT2D eigenvalue weighted by atomic mass is 9.94. The summed E-state index contributed by atoms with van der Waals surface area (Å²) in [6.07, 6.45) is 3.43. The number of para-hydroxylation sites is 1. The number of nitrogens with zero attached hydrogens (tertiary/aromatic N) is 2. The van der Waals surface area contributed by atoms with Gasteiger partial charge in [0, 0.05) is 12.7 Å². The normalized spacial score (nSPS) is 14.6. The van der Waals surface area contributed by atoms with Gasteiger partial charge in [-0.25, -0.2) is 9.79 Å². The summed E-state index contributed by atoms with van der Waals surface area (Å²) in [5.74, 6) is 1.43. The van der Waals surface area contributed by atoms with E-state index in [9.17, 15) is 9.59 Å². The lowest BCUT2D eigenvalue weighted by Crippen LogP contribution is -2.40. The number of ether oxygens (including phenoxy) is 6. The highest BCUT2D eigenvalue weighted by atomic mass is 127. The molecule has 3 aromatic rings. The van der Waals surface area contributed by atoms with Crippen LogP contribution in [0.5, 0.6) is 23.0 Å². The molecule has 0 radical (unpaired) electrons. The van der Waals surface area contributed by atoms with Gasteiger partial charge in [-0.05, 0) is 66.3 Å². The third-order valence-electron chi connectivity index (χ3n) is 6.47. The molecule has 2 heterocycles. The molecule has 2 aromatic carbocycles. The number of carbonyl (C=O) groups is 1. The van der Waals surface area contributed by atoms with Crippen LogP contribution in [0.3, 0.4) is 0 Å². The van der Waals surface area contributed by atoms with Crippen LogP contribution in [0.15, 0.2) is 64.0 Å². The molecule has 0 unspecified atom stereocenters. The Balaban J connectivity index is 1.94. The van der Waals surface area contributed by atoms with E-state index in [0.717, 1.165) is 9.13 Å². The van der Waals surface area contributed by atoms with Crippen molar-refractivity contribution in [2.75, 3.05) is 47.8 Å². The molecule has 1 aromatic heterocycles. The van der Waals surface area contributed by atoms with Crippen molar-refractivity contribution in [2.24, 2.45) is 4.99 Å². The van der Waals surface area contributed by atoms with Crippen LogP contribution in [0, 0.1) is 3.57 Å². The van der Waals surface area contributed by atoms with Crippen LogP contribution in [0.4, 0.5) is 0 Å². The zero-order chi connectivity index (χ0) is 31.1. The third-order valence-corrected chi connectivity index (χ3v) is 8.25. The number of methoxy groups -OCH3 is 3. The summed E-state index contributed by atoms with van der Waals surface area (Å²) in [6.45, 7) is 8.23. The molecule has 0 fully saturated rings. The van der Waals surface area contributed by atoms with Crippen molar-refractivity contribution in [1.29, 1.82) is 0 Å². The zero-order valence-electron chi connectivity index (χ0n) is 24.6. The van der Waals surface area contributed by atoms with Crippen LogP contribution in [-0.4, -0.2) is 58.3 Å². The molecule has 1 aliphatic rings. The Bertz CT molecular complexity index is 1730. The Hall–Kier alpha value is -3.62. The molecule has 228 valence electrons. The molecule has 0 N–H and O–H groups in total. The summed E-state index contributed by atoms with van der Waals surface area (Å²) in [4.78, 5) is 32.8. The Morgan fingerprint density at radius 2 is 1.88 bits per heavy atom. The Kier molecular flexibility index (Phi) is 11.0. The van der Waals surface area contributed by atoms with E-state index in [4.69, 9.17) is 28.4 Å². The number of esters is 1. The monoisotopic (exact) mass is 720 g/mol. The van der Waals surface area contributed by atoms with Crippen LogP contribution in [0.2, 0.25) is 0 Å². The minimum atomic E-state index is -0.880. The molecule has 0 saturated heterocycles. The van der Waals surface area contributed by atoms with E-state index in [1.807, 2.05) is 19.1 Å². The number of benzene rings is 2. The number of thiazole rings is 1. The van der Waals surface area contributed by atoms with Crippen molar-refractivity contribution >= 4 is 46.0 Å². The van der Waals surface area contributed by atoms with Crippen molar-refractivity contribution in [3.05, 3.63) is 88.6 Å². The first-order chi connectivity index (χ1) is 20.8. The lowest BCUT2D eigenvalue weighted by Gasteiger charge is -2.27. The molecular weight excluding hydrogens is 687 g/mol. The Morgan fingerprint density at radius 1 is 1.12 bits per heavy atom. The van der Waals surface area contributed by atoms with Crippen molar-refractivity contribution in [3.8, 4) is 23.0 Å². The number of hydrogen-bond donors (Lipinski definition) is 0. The smallest absolute Gasteiger partial charge is 0.338 e. The first kappa shape index (κ1) is 32.3. The van der Waals surface area contributed by atoms with E-state index < -0.39 is 12.0 Å². The van der Waals surface area contributed by atoms with E-state index in [1.54, 1.807) is 44.4 Å². The predicted molar refractivity (Wildman–Crippen MR) is 172 cm³/mol. The van der Waals surface area contributed by atoms with Crippen molar-refractivity contribution < 1.29 is 33.2 Å². The number of hydrogen-bond acceptors (Lipinski definition) is 10. The Morgan fingerprint density at radius 3 is 2.56 bits per heavy atom. The fourth-order valence-corrected chi connectivity index (χ4v) is 6.46. The van der Waals surface area contributed by atoms with Crippen molar-refractivity contribution in [1.82, 2.24) is 4.57 Å². The first-order valence-electron chi connectivity index (χ1n) is 13.4. The van der Waals surface area contributed by atoms with Crippen LogP contribution < -0.4 is 33.8 Å². The summed E-state index contributed by atoms with van der Waals surface area (Å²) in [6, 6.07) is 8.19. The van der Waals surface area contributed by atoms with Crippen molar-refractivity contribution in [2.45, 2.75) is 19.9 Å². The number of rotatable bonds is 13. The molecule has 1 atom stereocenters. The number of aromatic nitrogens is 1. The molecule has 43 heavy (non-hydrogen) atoms.